The van der Waals surface area contributed by atoms with Crippen LogP contribution in [0, 0.1) is 23.4 Å². The molecule has 0 aromatic heterocycles. The van der Waals surface area contributed by atoms with E-state index in [9.17, 15) is 14.6 Å². The second kappa shape index (κ2) is 11.1. The van der Waals surface area contributed by atoms with Crippen LogP contribution in [0.4, 0.5) is 13.2 Å². The molecule has 4 rings (SSSR count). The summed E-state index contributed by atoms with van der Waals surface area (Å²) in [6, 6.07) is 14.2. The van der Waals surface area contributed by atoms with Gasteiger partial charge in [0.15, 0.2) is 11.6 Å². The third-order valence-electron chi connectivity index (χ3n) is 7.11. The van der Waals surface area contributed by atoms with Crippen LogP contribution in [0.3, 0.4) is 0 Å². The van der Waals surface area contributed by atoms with Crippen LogP contribution < -0.4 is 0 Å². The number of aromatic hydroxyl groups is 1. The molecule has 2 nitrogen and oxygen atoms in total. The van der Waals surface area contributed by atoms with Crippen molar-refractivity contribution < 1.29 is 23.4 Å². The van der Waals surface area contributed by atoms with Crippen LogP contribution in [0.1, 0.15) is 68.1 Å². The highest BCUT2D eigenvalue weighted by molar-refractivity contribution is 5.72. The Balaban J connectivity index is 1.46. The van der Waals surface area contributed by atoms with Gasteiger partial charge in [0, 0.05) is 17.2 Å². The summed E-state index contributed by atoms with van der Waals surface area (Å²) in [7, 11) is 0. The highest BCUT2D eigenvalue weighted by Gasteiger charge is 2.29. The quantitative estimate of drug-likeness (QED) is 0.336. The lowest BCUT2D eigenvalue weighted by atomic mass is 9.75. The van der Waals surface area contributed by atoms with Gasteiger partial charge in [-0.2, -0.15) is 0 Å². The van der Waals surface area contributed by atoms with Gasteiger partial charge in [-0.05, 0) is 72.8 Å². The lowest BCUT2D eigenvalue weighted by Gasteiger charge is -2.32. The van der Waals surface area contributed by atoms with Crippen LogP contribution in [-0.2, 0) is 0 Å². The van der Waals surface area contributed by atoms with E-state index < -0.39 is 17.5 Å². The van der Waals surface area contributed by atoms with Gasteiger partial charge in [0.25, 0.3) is 0 Å². The van der Waals surface area contributed by atoms with Crippen LogP contribution in [0.2, 0.25) is 0 Å². The van der Waals surface area contributed by atoms with Crippen LogP contribution in [-0.4, -0.2) is 16.3 Å². The summed E-state index contributed by atoms with van der Waals surface area (Å²) in [5.41, 5.74) is 2.31. The van der Waals surface area contributed by atoms with E-state index in [4.69, 9.17) is 0 Å². The number of phenols is 1. The summed E-state index contributed by atoms with van der Waals surface area (Å²) in [4.78, 5) is 0. The summed E-state index contributed by atoms with van der Waals surface area (Å²) in [6.45, 7) is 2.05. The van der Waals surface area contributed by atoms with Crippen molar-refractivity contribution in [2.75, 3.05) is 0 Å². The zero-order valence-electron chi connectivity index (χ0n) is 19.9. The maximum atomic E-state index is 15.1. The molecule has 0 aliphatic heterocycles. The van der Waals surface area contributed by atoms with Gasteiger partial charge < -0.3 is 10.2 Å². The minimum absolute atomic E-state index is 0.0311. The van der Waals surface area contributed by atoms with Crippen molar-refractivity contribution in [1.29, 1.82) is 0 Å². The summed E-state index contributed by atoms with van der Waals surface area (Å²) in [5, 5.41) is 19.6. The van der Waals surface area contributed by atoms with Crippen molar-refractivity contribution in [3.05, 3.63) is 88.7 Å². The third-order valence-corrected chi connectivity index (χ3v) is 7.11. The van der Waals surface area contributed by atoms with Crippen molar-refractivity contribution in [3.8, 4) is 16.9 Å². The van der Waals surface area contributed by atoms with E-state index in [1.165, 1.54) is 12.1 Å². The molecular weight excluding hydrogens is 449 g/mol. The fourth-order valence-electron chi connectivity index (χ4n) is 5.06. The number of phenolic OH excluding ortho intramolecular Hbond substituents is 1. The Kier molecular flexibility index (Phi) is 7.97. The molecule has 0 radical (unpaired) electrons. The molecule has 1 saturated carbocycles. The first-order valence-corrected chi connectivity index (χ1v) is 12.3. The number of benzene rings is 3. The van der Waals surface area contributed by atoms with E-state index in [1.54, 1.807) is 48.6 Å². The zero-order valence-corrected chi connectivity index (χ0v) is 19.9. The fourth-order valence-corrected chi connectivity index (χ4v) is 5.06. The highest BCUT2D eigenvalue weighted by Crippen LogP contribution is 2.40. The minimum atomic E-state index is -0.843. The highest BCUT2D eigenvalue weighted by atomic mass is 19.2. The molecule has 2 N–H and O–H groups in total. The van der Waals surface area contributed by atoms with Crippen molar-refractivity contribution in [2.45, 2.75) is 57.5 Å². The number of hydrogen-bond acceptors (Lipinski definition) is 2. The molecule has 1 aliphatic rings. The van der Waals surface area contributed by atoms with Gasteiger partial charge in [-0.25, -0.2) is 13.2 Å². The van der Waals surface area contributed by atoms with Gasteiger partial charge >= 0.3 is 0 Å². The molecule has 3 aromatic carbocycles. The van der Waals surface area contributed by atoms with Gasteiger partial charge in [-0.1, -0.05) is 61.9 Å². The molecule has 3 aromatic rings. The molecular formula is C30H31F3O2. The molecule has 1 unspecified atom stereocenters. The zero-order chi connectivity index (χ0) is 24.9. The maximum Gasteiger partial charge on any atom is 0.166 e. The van der Waals surface area contributed by atoms with E-state index in [2.05, 4.69) is 6.92 Å². The first-order chi connectivity index (χ1) is 16.9. The van der Waals surface area contributed by atoms with Crippen molar-refractivity contribution in [3.63, 3.8) is 0 Å². The molecule has 0 amide bonds. The normalized spacial score (nSPS) is 19.2. The van der Waals surface area contributed by atoms with E-state index >= 15 is 8.78 Å². The molecule has 0 heterocycles. The number of aliphatic hydroxyl groups is 1. The molecule has 184 valence electrons. The SMILES string of the molecule is CCCC(O)C1CCC(c2ccc(-c3ccc(/C=C/c4ccc(O)cc4F)cc3)c(F)c2F)CC1. The first-order valence-electron chi connectivity index (χ1n) is 12.3. The van der Waals surface area contributed by atoms with E-state index in [1.807, 2.05) is 0 Å². The number of hydrogen-bond donors (Lipinski definition) is 2. The van der Waals surface area contributed by atoms with Crippen molar-refractivity contribution >= 4 is 12.2 Å². The topological polar surface area (TPSA) is 40.5 Å². The van der Waals surface area contributed by atoms with Gasteiger partial charge in [-0.3, -0.25) is 0 Å². The Labute approximate surface area is 204 Å². The molecule has 0 spiro atoms. The summed E-state index contributed by atoms with van der Waals surface area (Å²) < 4.78 is 44.0. The molecule has 0 bridgehead atoms. The Morgan fingerprint density at radius 1 is 0.886 bits per heavy atom. The maximum absolute atomic E-state index is 15.1. The third kappa shape index (κ3) is 5.79. The van der Waals surface area contributed by atoms with Crippen LogP contribution in [0.25, 0.3) is 23.3 Å². The average molecular weight is 481 g/mol. The minimum Gasteiger partial charge on any atom is -0.508 e. The number of rotatable bonds is 7. The Hall–Kier alpha value is -3.05. The van der Waals surface area contributed by atoms with E-state index in [0.29, 0.717) is 16.7 Å². The number of aliphatic hydroxyl groups excluding tert-OH is 1. The lowest BCUT2D eigenvalue weighted by molar-refractivity contribution is 0.0727. The second-order valence-corrected chi connectivity index (χ2v) is 9.46. The van der Waals surface area contributed by atoms with Crippen molar-refractivity contribution in [2.24, 2.45) is 5.92 Å². The fraction of sp³-hybridized carbons (Fsp3) is 0.333. The molecule has 5 heteroatoms. The summed E-state index contributed by atoms with van der Waals surface area (Å²) >= 11 is 0. The molecule has 1 atom stereocenters. The summed E-state index contributed by atoms with van der Waals surface area (Å²) in [5.74, 6) is -2.08. The molecule has 35 heavy (non-hydrogen) atoms. The van der Waals surface area contributed by atoms with Gasteiger partial charge in [0.2, 0.25) is 0 Å². The molecule has 0 saturated heterocycles. The largest absolute Gasteiger partial charge is 0.508 e. The lowest BCUT2D eigenvalue weighted by Crippen LogP contribution is -2.25. The molecule has 1 fully saturated rings. The predicted octanol–water partition coefficient (Wildman–Crippen LogP) is 8.08. The van der Waals surface area contributed by atoms with E-state index in [0.717, 1.165) is 50.2 Å². The van der Waals surface area contributed by atoms with Gasteiger partial charge in [0.1, 0.15) is 11.6 Å². The second-order valence-electron chi connectivity index (χ2n) is 9.46. The smallest absolute Gasteiger partial charge is 0.166 e. The standard InChI is InChI=1S/C30H31F3O2/c1-2-3-28(35)23-12-10-21(11-13-23)26-17-16-25(29(32)30(26)33)20-7-4-19(5-8-20)6-9-22-14-15-24(34)18-27(22)31/h4-9,14-18,21,23,28,34-35H,2-3,10-13H2,1H3/b9-6+. The van der Waals surface area contributed by atoms with Crippen molar-refractivity contribution in [1.82, 2.24) is 0 Å². The van der Waals surface area contributed by atoms with Crippen LogP contribution >= 0.6 is 0 Å². The monoisotopic (exact) mass is 480 g/mol. The first kappa shape index (κ1) is 25.1. The number of halogens is 3. The van der Waals surface area contributed by atoms with Gasteiger partial charge in [-0.15, -0.1) is 0 Å². The predicted molar refractivity (Wildman–Crippen MR) is 134 cm³/mol. The average Bonchev–Trinajstić information content (AvgIpc) is 2.86. The van der Waals surface area contributed by atoms with Crippen LogP contribution in [0.15, 0.2) is 54.6 Å². The molecule has 1 aliphatic carbocycles. The van der Waals surface area contributed by atoms with Gasteiger partial charge in [0.05, 0.1) is 6.10 Å². The van der Waals surface area contributed by atoms with E-state index in [-0.39, 0.29) is 29.3 Å². The Morgan fingerprint density at radius 2 is 1.60 bits per heavy atom. The summed E-state index contributed by atoms with van der Waals surface area (Å²) in [6.07, 6.45) is 7.90. The Morgan fingerprint density at radius 3 is 2.26 bits per heavy atom. The Bertz CT molecular complexity index is 1180. The van der Waals surface area contributed by atoms with Crippen LogP contribution in [0.5, 0.6) is 5.75 Å².